The minimum atomic E-state index is 0.0697. The fraction of sp³-hybridized carbons (Fsp3) is 0.385. The second kappa shape index (κ2) is 4.49. The predicted octanol–water partition coefficient (Wildman–Crippen LogP) is 2.78. The Morgan fingerprint density at radius 2 is 2.07 bits per heavy atom. The Balaban J connectivity index is 3.04. The highest BCUT2D eigenvalue weighted by Crippen LogP contribution is 2.26. The molecule has 0 heterocycles. The van der Waals surface area contributed by atoms with E-state index in [1.807, 2.05) is 18.2 Å². The number of rotatable bonds is 2. The van der Waals surface area contributed by atoms with Crippen LogP contribution in [-0.2, 0) is 0 Å². The van der Waals surface area contributed by atoms with E-state index in [1.54, 1.807) is 12.1 Å². The third-order valence-electron chi connectivity index (χ3n) is 2.39. The Kier molecular flexibility index (Phi) is 3.53. The van der Waals surface area contributed by atoms with Crippen molar-refractivity contribution in [1.29, 1.82) is 0 Å². The van der Waals surface area contributed by atoms with Crippen LogP contribution in [0.1, 0.15) is 26.3 Å². The first-order valence-electron chi connectivity index (χ1n) is 5.13. The van der Waals surface area contributed by atoms with Crippen molar-refractivity contribution in [3.63, 3.8) is 0 Å². The summed E-state index contributed by atoms with van der Waals surface area (Å²) in [5.74, 6) is 0.286. The van der Waals surface area contributed by atoms with E-state index < -0.39 is 0 Å². The number of benzene rings is 1. The van der Waals surface area contributed by atoms with E-state index in [2.05, 4.69) is 20.8 Å². The molecule has 0 saturated carbocycles. The van der Waals surface area contributed by atoms with Gasteiger partial charge in [-0.05, 0) is 23.1 Å². The molecule has 0 unspecified atom stereocenters. The van der Waals surface area contributed by atoms with Gasteiger partial charge in [0.15, 0.2) is 0 Å². The predicted molar refractivity (Wildman–Crippen MR) is 64.6 cm³/mol. The van der Waals surface area contributed by atoms with E-state index >= 15 is 0 Å². The number of nitrogens with two attached hydrogens (primary N) is 1. The van der Waals surface area contributed by atoms with Gasteiger partial charge in [0.1, 0.15) is 5.75 Å². The summed E-state index contributed by atoms with van der Waals surface area (Å²) >= 11 is 0. The minimum Gasteiger partial charge on any atom is -0.508 e. The Bertz CT molecular complexity index is 361. The van der Waals surface area contributed by atoms with Crippen molar-refractivity contribution in [2.24, 2.45) is 11.1 Å². The second-order valence-electron chi connectivity index (χ2n) is 4.72. The summed E-state index contributed by atoms with van der Waals surface area (Å²) in [4.78, 5) is 0. The lowest BCUT2D eigenvalue weighted by atomic mass is 9.85. The van der Waals surface area contributed by atoms with Gasteiger partial charge in [-0.3, -0.25) is 0 Å². The monoisotopic (exact) mass is 205 g/mol. The van der Waals surface area contributed by atoms with Crippen LogP contribution in [0.4, 0.5) is 0 Å². The van der Waals surface area contributed by atoms with E-state index in [4.69, 9.17) is 5.73 Å². The van der Waals surface area contributed by atoms with Crippen LogP contribution >= 0.6 is 0 Å². The third-order valence-corrected chi connectivity index (χ3v) is 2.39. The zero-order valence-electron chi connectivity index (χ0n) is 9.62. The summed E-state index contributed by atoms with van der Waals surface area (Å²) in [5, 5.41) is 9.34. The Labute approximate surface area is 91.4 Å². The molecule has 0 radical (unpaired) electrons. The quantitative estimate of drug-likeness (QED) is 0.779. The number of phenolic OH excluding ortho intramolecular Hbond substituents is 1. The molecule has 0 spiro atoms. The normalized spacial score (nSPS) is 12.9. The maximum atomic E-state index is 9.34. The SMILES string of the molecule is CC(C)(C)/C(=C/c1cccc(O)c1)CN. The van der Waals surface area contributed by atoms with E-state index in [9.17, 15) is 5.11 Å². The van der Waals surface area contributed by atoms with Crippen molar-refractivity contribution < 1.29 is 5.11 Å². The number of phenols is 1. The summed E-state index contributed by atoms with van der Waals surface area (Å²) in [7, 11) is 0. The topological polar surface area (TPSA) is 46.2 Å². The van der Waals surface area contributed by atoms with Gasteiger partial charge in [-0.2, -0.15) is 0 Å². The Hall–Kier alpha value is -1.28. The Morgan fingerprint density at radius 1 is 1.40 bits per heavy atom. The van der Waals surface area contributed by atoms with E-state index in [1.165, 1.54) is 5.57 Å². The molecule has 82 valence electrons. The van der Waals surface area contributed by atoms with Crippen molar-refractivity contribution in [2.45, 2.75) is 20.8 Å². The molecule has 3 N–H and O–H groups in total. The molecular formula is C13H19NO. The van der Waals surface area contributed by atoms with Gasteiger partial charge < -0.3 is 10.8 Å². The first-order valence-corrected chi connectivity index (χ1v) is 5.13. The van der Waals surface area contributed by atoms with Gasteiger partial charge in [-0.15, -0.1) is 0 Å². The van der Waals surface area contributed by atoms with Gasteiger partial charge >= 0.3 is 0 Å². The molecule has 1 rings (SSSR count). The van der Waals surface area contributed by atoms with E-state index in [0.29, 0.717) is 6.54 Å². The fourth-order valence-corrected chi connectivity index (χ4v) is 1.40. The first kappa shape index (κ1) is 11.8. The van der Waals surface area contributed by atoms with Crippen LogP contribution in [0.25, 0.3) is 6.08 Å². The standard InChI is InChI=1S/C13H19NO/c1-13(2,3)11(9-14)7-10-5-4-6-12(15)8-10/h4-8,15H,9,14H2,1-3H3/b11-7+. The highest BCUT2D eigenvalue weighted by Gasteiger charge is 2.15. The van der Waals surface area contributed by atoms with Crippen molar-refractivity contribution in [3.05, 3.63) is 35.4 Å². The van der Waals surface area contributed by atoms with Crippen LogP contribution in [-0.4, -0.2) is 11.7 Å². The van der Waals surface area contributed by atoms with Gasteiger partial charge in [0.25, 0.3) is 0 Å². The fourth-order valence-electron chi connectivity index (χ4n) is 1.40. The van der Waals surface area contributed by atoms with Crippen molar-refractivity contribution in [2.75, 3.05) is 6.54 Å². The number of aromatic hydroxyl groups is 1. The lowest BCUT2D eigenvalue weighted by molar-refractivity contribution is 0.475. The maximum absolute atomic E-state index is 9.34. The Morgan fingerprint density at radius 3 is 2.53 bits per heavy atom. The van der Waals surface area contributed by atoms with Gasteiger partial charge in [0.2, 0.25) is 0 Å². The van der Waals surface area contributed by atoms with Gasteiger partial charge in [0.05, 0.1) is 0 Å². The van der Waals surface area contributed by atoms with Crippen LogP contribution in [0.2, 0.25) is 0 Å². The largest absolute Gasteiger partial charge is 0.508 e. The molecule has 0 atom stereocenters. The van der Waals surface area contributed by atoms with Crippen LogP contribution in [0.5, 0.6) is 5.75 Å². The molecule has 1 aromatic carbocycles. The molecule has 0 aromatic heterocycles. The maximum Gasteiger partial charge on any atom is 0.116 e. The lowest BCUT2D eigenvalue weighted by Gasteiger charge is -2.21. The molecule has 2 nitrogen and oxygen atoms in total. The molecule has 0 fully saturated rings. The van der Waals surface area contributed by atoms with E-state index in [-0.39, 0.29) is 11.2 Å². The van der Waals surface area contributed by atoms with Crippen molar-refractivity contribution in [1.82, 2.24) is 0 Å². The molecule has 0 aliphatic carbocycles. The minimum absolute atomic E-state index is 0.0697. The summed E-state index contributed by atoms with van der Waals surface area (Å²) in [6.07, 6.45) is 2.04. The smallest absolute Gasteiger partial charge is 0.116 e. The van der Waals surface area contributed by atoms with Crippen LogP contribution in [0.15, 0.2) is 29.8 Å². The number of hydrogen-bond donors (Lipinski definition) is 2. The van der Waals surface area contributed by atoms with E-state index in [0.717, 1.165) is 5.56 Å². The zero-order valence-corrected chi connectivity index (χ0v) is 9.62. The first-order chi connectivity index (χ1) is 6.93. The molecule has 15 heavy (non-hydrogen) atoms. The molecular weight excluding hydrogens is 186 g/mol. The number of hydrogen-bond acceptors (Lipinski definition) is 2. The van der Waals surface area contributed by atoms with Crippen LogP contribution in [0, 0.1) is 5.41 Å². The molecule has 0 saturated heterocycles. The van der Waals surface area contributed by atoms with Gasteiger partial charge in [-0.1, -0.05) is 44.6 Å². The second-order valence-corrected chi connectivity index (χ2v) is 4.72. The molecule has 0 amide bonds. The molecule has 2 heteroatoms. The van der Waals surface area contributed by atoms with Gasteiger partial charge in [0, 0.05) is 6.54 Å². The van der Waals surface area contributed by atoms with Crippen molar-refractivity contribution in [3.8, 4) is 5.75 Å². The molecule has 1 aromatic rings. The average molecular weight is 205 g/mol. The molecule has 0 aliphatic rings. The highest BCUT2D eigenvalue weighted by molar-refractivity contribution is 5.56. The summed E-state index contributed by atoms with van der Waals surface area (Å²) in [5.41, 5.74) is 7.95. The van der Waals surface area contributed by atoms with Gasteiger partial charge in [-0.25, -0.2) is 0 Å². The third kappa shape index (κ3) is 3.40. The van der Waals surface area contributed by atoms with Crippen LogP contribution < -0.4 is 5.73 Å². The molecule has 0 bridgehead atoms. The van der Waals surface area contributed by atoms with Crippen molar-refractivity contribution >= 4 is 6.08 Å². The average Bonchev–Trinajstić information content (AvgIpc) is 2.12. The lowest BCUT2D eigenvalue weighted by Crippen LogP contribution is -2.17. The zero-order chi connectivity index (χ0) is 11.5. The summed E-state index contributed by atoms with van der Waals surface area (Å²) in [6, 6.07) is 7.19. The highest BCUT2D eigenvalue weighted by atomic mass is 16.3. The summed E-state index contributed by atoms with van der Waals surface area (Å²) < 4.78 is 0. The molecule has 0 aliphatic heterocycles. The van der Waals surface area contributed by atoms with Crippen LogP contribution in [0.3, 0.4) is 0 Å². The summed E-state index contributed by atoms with van der Waals surface area (Å²) in [6.45, 7) is 6.94.